The number of nitrogens with one attached hydrogen (secondary N) is 1. The van der Waals surface area contributed by atoms with Gasteiger partial charge in [0.2, 0.25) is 0 Å². The van der Waals surface area contributed by atoms with Gasteiger partial charge in [-0.25, -0.2) is 4.79 Å². The highest BCUT2D eigenvalue weighted by Gasteiger charge is 2.40. The summed E-state index contributed by atoms with van der Waals surface area (Å²) in [6, 6.07) is -1.73. The molecule has 0 saturated carbocycles. The molecule has 0 spiro atoms. The molecule has 0 rings (SSSR count). The van der Waals surface area contributed by atoms with Crippen molar-refractivity contribution in [3.05, 3.63) is 0 Å². The van der Waals surface area contributed by atoms with Gasteiger partial charge in [-0.2, -0.15) is 13.2 Å². The molecule has 1 atom stereocenters. The van der Waals surface area contributed by atoms with E-state index in [4.69, 9.17) is 16.7 Å². The van der Waals surface area contributed by atoms with Gasteiger partial charge in [0.15, 0.2) is 0 Å². The molecule has 1 unspecified atom stereocenters. The second kappa shape index (κ2) is 4.31. The molecule has 0 fully saturated rings. The van der Waals surface area contributed by atoms with Gasteiger partial charge < -0.3 is 10.4 Å². The number of carbonyl (C=O) groups is 2. The molecule has 0 heterocycles. The highest BCUT2D eigenvalue weighted by molar-refractivity contribution is 6.19. The summed E-state index contributed by atoms with van der Waals surface area (Å²) in [5, 5.41) is 9.43. The molecule has 0 aliphatic rings. The normalized spacial score (nSPS) is 13.5. The van der Waals surface area contributed by atoms with Gasteiger partial charge in [-0.3, -0.25) is 4.79 Å². The zero-order chi connectivity index (χ0) is 10.6. The number of carboxylic acid groups (broad SMARTS) is 1. The number of carboxylic acids is 1. The first kappa shape index (κ1) is 12.0. The van der Waals surface area contributed by atoms with Crippen molar-refractivity contribution in [2.24, 2.45) is 0 Å². The molecule has 8 heteroatoms. The third-order valence-electron chi connectivity index (χ3n) is 1.02. The monoisotopic (exact) mass is 219 g/mol. The lowest BCUT2D eigenvalue weighted by molar-refractivity contribution is -0.175. The molecule has 0 bridgehead atoms. The molecule has 76 valence electrons. The van der Waals surface area contributed by atoms with Crippen molar-refractivity contribution in [1.29, 1.82) is 0 Å². The first-order valence-electron chi connectivity index (χ1n) is 2.95. The predicted molar refractivity (Wildman–Crippen MR) is 36.3 cm³/mol. The van der Waals surface area contributed by atoms with E-state index < -0.39 is 30.0 Å². The van der Waals surface area contributed by atoms with Crippen LogP contribution in [0.2, 0.25) is 0 Å². The summed E-state index contributed by atoms with van der Waals surface area (Å²) in [7, 11) is 0. The number of amides is 1. The molecule has 0 aromatic heterocycles. The Hall–Kier alpha value is -0.980. The molecule has 0 aromatic carbocycles. The zero-order valence-electron chi connectivity index (χ0n) is 6.06. The maximum absolute atomic E-state index is 11.6. The van der Waals surface area contributed by atoms with Crippen LogP contribution in [0.15, 0.2) is 0 Å². The third kappa shape index (κ3) is 3.97. The molecule has 0 aromatic rings. The van der Waals surface area contributed by atoms with E-state index in [2.05, 4.69) is 0 Å². The van der Waals surface area contributed by atoms with Crippen molar-refractivity contribution in [3.8, 4) is 0 Å². The van der Waals surface area contributed by atoms with Crippen molar-refractivity contribution >= 4 is 23.5 Å². The minimum atomic E-state index is -5.10. The number of carbonyl (C=O) groups excluding carboxylic acids is 1. The smallest absolute Gasteiger partial charge is 0.471 e. The lowest BCUT2D eigenvalue weighted by Crippen LogP contribution is -2.47. The summed E-state index contributed by atoms with van der Waals surface area (Å²) in [5.74, 6) is -4.56. The Morgan fingerprint density at radius 2 is 1.92 bits per heavy atom. The predicted octanol–water partition coefficient (Wildman–Crippen LogP) is 0.357. The topological polar surface area (TPSA) is 66.4 Å². The van der Waals surface area contributed by atoms with E-state index in [9.17, 15) is 22.8 Å². The number of hydrogen-bond donors (Lipinski definition) is 2. The van der Waals surface area contributed by atoms with Gasteiger partial charge in [0.25, 0.3) is 0 Å². The van der Waals surface area contributed by atoms with Crippen molar-refractivity contribution in [1.82, 2.24) is 5.32 Å². The number of alkyl halides is 4. The Kier molecular flexibility index (Phi) is 3.99. The van der Waals surface area contributed by atoms with Crippen molar-refractivity contribution < 1.29 is 27.9 Å². The fourth-order valence-corrected chi connectivity index (χ4v) is 0.616. The molecule has 0 radical (unpaired) electrons. The maximum Gasteiger partial charge on any atom is 0.471 e. The van der Waals surface area contributed by atoms with E-state index in [0.717, 1.165) is 0 Å². The molecule has 0 aliphatic heterocycles. The molecule has 0 aliphatic carbocycles. The van der Waals surface area contributed by atoms with Crippen molar-refractivity contribution in [2.75, 3.05) is 5.88 Å². The first-order chi connectivity index (χ1) is 5.79. The van der Waals surface area contributed by atoms with E-state index in [-0.39, 0.29) is 0 Å². The van der Waals surface area contributed by atoms with Gasteiger partial charge in [0, 0.05) is 0 Å². The summed E-state index contributed by atoms with van der Waals surface area (Å²) in [6.07, 6.45) is -5.10. The van der Waals surface area contributed by atoms with E-state index in [1.807, 2.05) is 0 Å². The highest BCUT2D eigenvalue weighted by Crippen LogP contribution is 2.14. The van der Waals surface area contributed by atoms with Crippen LogP contribution in [-0.4, -0.2) is 35.1 Å². The fourth-order valence-electron chi connectivity index (χ4n) is 0.406. The summed E-state index contributed by atoms with van der Waals surface area (Å²) >= 11 is 4.99. The fraction of sp³-hybridized carbons (Fsp3) is 0.600. The van der Waals surface area contributed by atoms with Gasteiger partial charge >= 0.3 is 18.1 Å². The van der Waals surface area contributed by atoms with E-state index in [0.29, 0.717) is 0 Å². The third-order valence-corrected chi connectivity index (χ3v) is 1.32. The largest absolute Gasteiger partial charge is 0.480 e. The summed E-state index contributed by atoms with van der Waals surface area (Å²) in [4.78, 5) is 20.3. The number of hydrogen-bond acceptors (Lipinski definition) is 2. The molecular weight excluding hydrogens is 215 g/mol. The summed E-state index contributed by atoms with van der Waals surface area (Å²) in [5.41, 5.74) is 0. The quantitative estimate of drug-likeness (QED) is 0.674. The lowest BCUT2D eigenvalue weighted by atomic mass is 10.3. The molecular formula is C5H5ClF3NO3. The second-order valence-corrected chi connectivity index (χ2v) is 2.32. The minimum absolute atomic E-state index is 0.628. The Balaban J connectivity index is 4.26. The second-order valence-electron chi connectivity index (χ2n) is 2.02. The van der Waals surface area contributed by atoms with Gasteiger partial charge in [-0.1, -0.05) is 0 Å². The Labute approximate surface area is 75.7 Å². The van der Waals surface area contributed by atoms with E-state index >= 15 is 0 Å². The van der Waals surface area contributed by atoms with Crippen molar-refractivity contribution in [3.63, 3.8) is 0 Å². The lowest BCUT2D eigenvalue weighted by Gasteiger charge is -2.12. The van der Waals surface area contributed by atoms with Gasteiger partial charge in [-0.15, -0.1) is 11.6 Å². The van der Waals surface area contributed by atoms with Crippen LogP contribution in [0.25, 0.3) is 0 Å². The SMILES string of the molecule is O=C(O)C(CCl)NC(=O)C(F)(F)F. The first-order valence-corrected chi connectivity index (χ1v) is 3.49. The highest BCUT2D eigenvalue weighted by atomic mass is 35.5. The van der Waals surface area contributed by atoms with Crippen LogP contribution >= 0.6 is 11.6 Å². The molecule has 2 N–H and O–H groups in total. The Morgan fingerprint density at radius 1 is 1.46 bits per heavy atom. The molecule has 1 amide bonds. The van der Waals surface area contributed by atoms with Crippen LogP contribution in [-0.2, 0) is 9.59 Å². The number of rotatable bonds is 3. The van der Waals surface area contributed by atoms with Crippen LogP contribution in [0.5, 0.6) is 0 Å². The van der Waals surface area contributed by atoms with Gasteiger partial charge in [0.1, 0.15) is 6.04 Å². The van der Waals surface area contributed by atoms with Crippen LogP contribution < -0.4 is 5.32 Å². The van der Waals surface area contributed by atoms with Crippen molar-refractivity contribution in [2.45, 2.75) is 12.2 Å². The van der Waals surface area contributed by atoms with Gasteiger partial charge in [0.05, 0.1) is 5.88 Å². The maximum atomic E-state index is 11.6. The standard InChI is InChI=1S/C5H5ClF3NO3/c6-1-2(3(11)12)10-4(13)5(7,8)9/h2H,1H2,(H,10,13)(H,11,12). The van der Waals surface area contributed by atoms with E-state index in [1.54, 1.807) is 0 Å². The average molecular weight is 220 g/mol. The molecule has 4 nitrogen and oxygen atoms in total. The Morgan fingerprint density at radius 3 is 2.15 bits per heavy atom. The van der Waals surface area contributed by atoms with Crippen LogP contribution in [0.4, 0.5) is 13.2 Å². The van der Waals surface area contributed by atoms with Crippen LogP contribution in [0.3, 0.4) is 0 Å². The van der Waals surface area contributed by atoms with Gasteiger partial charge in [-0.05, 0) is 0 Å². The van der Waals surface area contributed by atoms with E-state index in [1.165, 1.54) is 5.32 Å². The minimum Gasteiger partial charge on any atom is -0.480 e. The summed E-state index contributed by atoms with van der Waals surface area (Å²) < 4.78 is 34.7. The molecule has 13 heavy (non-hydrogen) atoms. The number of aliphatic carboxylic acids is 1. The molecule has 0 saturated heterocycles. The average Bonchev–Trinajstić information content (AvgIpc) is 1.96. The van der Waals surface area contributed by atoms with Crippen LogP contribution in [0, 0.1) is 0 Å². The summed E-state index contributed by atoms with van der Waals surface area (Å²) in [6.45, 7) is 0. The zero-order valence-corrected chi connectivity index (χ0v) is 6.82. The Bertz CT molecular complexity index is 218. The number of halogens is 4. The van der Waals surface area contributed by atoms with Crippen LogP contribution in [0.1, 0.15) is 0 Å².